The van der Waals surface area contributed by atoms with Crippen LogP contribution in [0.5, 0.6) is 0 Å². The second kappa shape index (κ2) is 16.6. The lowest BCUT2D eigenvalue weighted by Gasteiger charge is -2.40. The van der Waals surface area contributed by atoms with E-state index >= 15 is 0 Å². The first-order chi connectivity index (χ1) is 30.1. The number of hydrogen-bond donors (Lipinski definition) is 0. The minimum atomic E-state index is -0.111. The van der Waals surface area contributed by atoms with Crippen molar-refractivity contribution in [2.75, 3.05) is 9.80 Å². The molecule has 2 bridgehead atoms. The van der Waals surface area contributed by atoms with E-state index in [0.29, 0.717) is 26.6 Å². The van der Waals surface area contributed by atoms with Crippen LogP contribution in [0.25, 0.3) is 0 Å². The van der Waals surface area contributed by atoms with Gasteiger partial charge in [0, 0.05) is 36.8 Å². The Hall–Kier alpha value is -3.09. The van der Waals surface area contributed by atoms with E-state index in [1.807, 2.05) is 0 Å². The van der Waals surface area contributed by atoms with Gasteiger partial charge in [-0.25, -0.2) is 0 Å². The fourth-order valence-corrected chi connectivity index (χ4v) is 13.9. The smallest absolute Gasteiger partial charge is 0.0603 e. The molecule has 0 saturated heterocycles. The van der Waals surface area contributed by atoms with Crippen LogP contribution >= 0.6 is 38.5 Å². The summed E-state index contributed by atoms with van der Waals surface area (Å²) in [6.45, 7) is 38.4. The van der Waals surface area contributed by atoms with Crippen LogP contribution in [0, 0.1) is 27.6 Å². The topological polar surface area (TPSA) is 6.48 Å². The number of alkyl halides is 1. The highest BCUT2D eigenvalue weighted by Crippen LogP contribution is 2.71. The Morgan fingerprint density at radius 1 is 0.477 bits per heavy atom. The molecule has 5 unspecified atom stereocenters. The average Bonchev–Trinajstić information content (AvgIpc) is 3.64. The summed E-state index contributed by atoms with van der Waals surface area (Å²) < 4.78 is 1.72. The maximum Gasteiger partial charge on any atom is 0.0603 e. The Balaban J connectivity index is 1.31. The Bertz CT molecular complexity index is 2480. The van der Waals surface area contributed by atoms with Crippen molar-refractivity contribution in [1.82, 2.24) is 0 Å². The fraction of sp³-hybridized carbons (Fsp3) is 0.508. The molecule has 0 heterocycles. The van der Waals surface area contributed by atoms with E-state index in [1.165, 1.54) is 64.9 Å². The molecule has 0 amide bonds. The normalized spacial score (nSPS) is 24.6. The molecule has 4 heteroatoms. The molecule has 65 heavy (non-hydrogen) atoms. The van der Waals surface area contributed by atoms with Crippen molar-refractivity contribution in [2.24, 2.45) is 27.6 Å². The molecule has 5 aromatic carbocycles. The first-order valence-electron chi connectivity index (χ1n) is 24.6. The van der Waals surface area contributed by atoms with Gasteiger partial charge in [0.05, 0.1) is 5.69 Å². The van der Waals surface area contributed by atoms with Crippen LogP contribution in [0.15, 0.2) is 114 Å². The third-order valence-corrected chi connectivity index (χ3v) is 20.7. The molecule has 0 radical (unpaired) electrons. The highest BCUT2D eigenvalue weighted by atomic mass is 127. The minimum absolute atomic E-state index is 0.0258. The summed E-state index contributed by atoms with van der Waals surface area (Å²) in [5.41, 5.74) is 14.9. The van der Waals surface area contributed by atoms with Gasteiger partial charge >= 0.3 is 0 Å². The Morgan fingerprint density at radius 3 is 1.37 bits per heavy atom. The zero-order valence-corrected chi connectivity index (χ0v) is 46.4. The van der Waals surface area contributed by atoms with Gasteiger partial charge in [-0.05, 0) is 192 Å². The number of rotatable bonds is 8. The van der Waals surface area contributed by atoms with Gasteiger partial charge < -0.3 is 9.80 Å². The lowest BCUT2D eigenvalue weighted by Crippen LogP contribution is -2.34. The number of anilines is 6. The highest BCUT2D eigenvalue weighted by molar-refractivity contribution is 14.1. The standard InChI is InChI=1S/C61H78BrIN2/c1-55(2,3)41-21-28-47(29-22-41)65(53-30-23-42(36-52(53)62)56(4,5)6)49-34-44(57(7,8)9)33-48(37-49)64(45-24-17-39(18-25-45)50-38-54(63)60(14,15)59(50,12)13)46-26-19-40(20-27-46)51-35-43-31-32-61(51,16)58(43,10)11/h17-30,33-34,36-37,43,50-51,54H,31-32,35,38H2,1-16H3. The maximum absolute atomic E-state index is 4.12. The molecule has 0 aliphatic heterocycles. The number of nitrogens with zero attached hydrogens (tertiary/aromatic N) is 2. The molecule has 0 N–H and O–H groups in total. The van der Waals surface area contributed by atoms with Gasteiger partial charge in [0.25, 0.3) is 0 Å². The summed E-state index contributed by atoms with van der Waals surface area (Å²) in [4.78, 5) is 5.00. The van der Waals surface area contributed by atoms with Crippen LogP contribution in [-0.4, -0.2) is 3.92 Å². The molecular formula is C61H78BrIN2. The van der Waals surface area contributed by atoms with Crippen LogP contribution in [0.4, 0.5) is 34.1 Å². The monoisotopic (exact) mass is 1040 g/mol. The van der Waals surface area contributed by atoms with Crippen molar-refractivity contribution in [2.45, 2.75) is 168 Å². The van der Waals surface area contributed by atoms with Gasteiger partial charge in [0.2, 0.25) is 0 Å². The number of hydrogen-bond acceptors (Lipinski definition) is 2. The Labute approximate surface area is 417 Å². The zero-order valence-electron chi connectivity index (χ0n) is 42.7. The van der Waals surface area contributed by atoms with Gasteiger partial charge in [-0.2, -0.15) is 0 Å². The molecule has 5 aromatic rings. The Kier molecular flexibility index (Phi) is 12.3. The van der Waals surface area contributed by atoms with Gasteiger partial charge in [-0.15, -0.1) is 0 Å². The first-order valence-corrected chi connectivity index (χ1v) is 26.6. The molecule has 3 aliphatic carbocycles. The van der Waals surface area contributed by atoms with Crippen molar-refractivity contribution in [3.63, 3.8) is 0 Å². The molecule has 2 nitrogen and oxygen atoms in total. The molecule has 5 atom stereocenters. The van der Waals surface area contributed by atoms with Crippen LogP contribution in [-0.2, 0) is 16.2 Å². The number of benzene rings is 5. The van der Waals surface area contributed by atoms with E-state index < -0.39 is 0 Å². The minimum Gasteiger partial charge on any atom is -0.310 e. The summed E-state index contributed by atoms with van der Waals surface area (Å²) in [6, 6.07) is 43.0. The van der Waals surface area contributed by atoms with Crippen LogP contribution in [0.2, 0.25) is 0 Å². The summed E-state index contributed by atoms with van der Waals surface area (Å²) in [7, 11) is 0. The van der Waals surface area contributed by atoms with Crippen molar-refractivity contribution in [1.29, 1.82) is 0 Å². The average molecular weight is 1050 g/mol. The SMILES string of the molecule is CC(C)(C)c1ccc(N(c2cc(N(c3ccc(C4CC(I)C(C)(C)C4(C)C)cc3)c3ccc(C4CC5CCC4(C)C5(C)C)cc3)cc(C(C)(C)C)c2)c2ccc(C(C)(C)C)cc2Br)cc1. The van der Waals surface area contributed by atoms with E-state index in [0.717, 1.165) is 33.1 Å². The summed E-state index contributed by atoms with van der Waals surface area (Å²) in [6.07, 6.45) is 5.21. The van der Waals surface area contributed by atoms with Crippen LogP contribution in [0.1, 0.15) is 176 Å². The summed E-state index contributed by atoms with van der Waals surface area (Å²) in [5, 5.41) is 0. The van der Waals surface area contributed by atoms with Gasteiger partial charge in [0.1, 0.15) is 0 Å². The van der Waals surface area contributed by atoms with Gasteiger partial charge in [-0.1, -0.05) is 176 Å². The van der Waals surface area contributed by atoms with Gasteiger partial charge in [-0.3, -0.25) is 0 Å². The molecular weight excluding hydrogens is 967 g/mol. The largest absolute Gasteiger partial charge is 0.310 e. The van der Waals surface area contributed by atoms with Crippen molar-refractivity contribution in [3.05, 3.63) is 141 Å². The predicted octanol–water partition coefficient (Wildman–Crippen LogP) is 19.6. The quantitative estimate of drug-likeness (QED) is 0.113. The van der Waals surface area contributed by atoms with Gasteiger partial charge in [0.15, 0.2) is 0 Å². The van der Waals surface area contributed by atoms with Crippen LogP contribution in [0.3, 0.4) is 0 Å². The van der Waals surface area contributed by atoms with E-state index in [4.69, 9.17) is 0 Å². The predicted molar refractivity (Wildman–Crippen MR) is 294 cm³/mol. The molecule has 3 saturated carbocycles. The fourth-order valence-electron chi connectivity index (χ4n) is 12.0. The third kappa shape index (κ3) is 8.48. The van der Waals surface area contributed by atoms with E-state index in [2.05, 4.69) is 268 Å². The molecule has 0 aromatic heterocycles. The summed E-state index contributed by atoms with van der Waals surface area (Å²) in [5.74, 6) is 1.91. The molecule has 346 valence electrons. The highest BCUT2D eigenvalue weighted by Gasteiger charge is 2.61. The molecule has 3 aliphatic rings. The lowest BCUT2D eigenvalue weighted by atomic mass is 9.65. The van der Waals surface area contributed by atoms with E-state index in [9.17, 15) is 0 Å². The molecule has 3 fully saturated rings. The lowest BCUT2D eigenvalue weighted by molar-refractivity contribution is 0.134. The summed E-state index contributed by atoms with van der Waals surface area (Å²) >= 11 is 6.84. The third-order valence-electron chi connectivity index (χ3n) is 18.0. The number of fused-ring (bicyclic) bond motifs is 2. The van der Waals surface area contributed by atoms with E-state index in [-0.39, 0.29) is 27.1 Å². The molecule has 0 spiro atoms. The second-order valence-corrected chi connectivity index (χ2v) is 27.8. The van der Waals surface area contributed by atoms with E-state index in [1.54, 1.807) is 0 Å². The van der Waals surface area contributed by atoms with Crippen molar-refractivity contribution < 1.29 is 0 Å². The Morgan fingerprint density at radius 2 is 0.938 bits per heavy atom. The number of halogens is 2. The second-order valence-electron chi connectivity index (χ2n) is 25.4. The molecule has 8 rings (SSSR count). The zero-order chi connectivity index (χ0) is 47.4. The maximum atomic E-state index is 4.12. The first kappa shape index (κ1) is 48.4. The van der Waals surface area contributed by atoms with Crippen molar-refractivity contribution >= 4 is 72.6 Å². The van der Waals surface area contributed by atoms with Crippen LogP contribution < -0.4 is 9.80 Å². The van der Waals surface area contributed by atoms with Crippen molar-refractivity contribution in [3.8, 4) is 0 Å².